The van der Waals surface area contributed by atoms with Crippen molar-refractivity contribution < 1.29 is 24.9 Å². The molecule has 2 atom stereocenters. The highest BCUT2D eigenvalue weighted by Crippen LogP contribution is 2.37. The minimum Gasteiger partial charge on any atom is -0.357 e. The zero-order valence-electron chi connectivity index (χ0n) is 16.7. The molecule has 1 aromatic carbocycles. The maximum atomic E-state index is 11.1. The third-order valence-electron chi connectivity index (χ3n) is 4.97. The molecular weight excluding hydrogens is 406 g/mol. The number of ether oxygens (including phenoxy) is 1. The Balaban J connectivity index is 1.45. The number of nitrogens with one attached hydrogen (secondary N) is 3. The average molecular weight is 429 g/mol. The van der Waals surface area contributed by atoms with Crippen LogP contribution in [0, 0.1) is 5.92 Å². The van der Waals surface area contributed by atoms with Gasteiger partial charge in [-0.15, -0.1) is 0 Å². The number of carbonyl (C=O) groups excluding carboxylic acids is 1. The normalized spacial score (nSPS) is 19.0. The summed E-state index contributed by atoms with van der Waals surface area (Å²) in [5, 5.41) is 31.6. The third-order valence-corrected chi connectivity index (χ3v) is 4.97. The van der Waals surface area contributed by atoms with E-state index >= 15 is 0 Å². The van der Waals surface area contributed by atoms with Crippen LogP contribution in [0.3, 0.4) is 0 Å². The number of aliphatic hydroxyl groups is 3. The molecule has 1 amide bonds. The molecule has 0 aliphatic carbocycles. The van der Waals surface area contributed by atoms with Gasteiger partial charge >= 0.3 is 0 Å². The van der Waals surface area contributed by atoms with Crippen LogP contribution in [-0.4, -0.2) is 53.3 Å². The monoisotopic (exact) mass is 429 g/mol. The summed E-state index contributed by atoms with van der Waals surface area (Å²) in [7, 11) is 0. The highest BCUT2D eigenvalue weighted by molar-refractivity contribution is 5.88. The van der Waals surface area contributed by atoms with Crippen LogP contribution in [0.2, 0.25) is 0 Å². The summed E-state index contributed by atoms with van der Waals surface area (Å²) in [6, 6.07) is 7.38. The smallest absolute Gasteiger partial charge is 0.282 e. The number of benzene rings is 1. The Labute approximate surface area is 176 Å². The van der Waals surface area contributed by atoms with E-state index in [2.05, 4.69) is 31.1 Å². The molecule has 2 aromatic heterocycles. The number of hydrogen-bond donors (Lipinski definition) is 6. The van der Waals surface area contributed by atoms with Gasteiger partial charge in [-0.1, -0.05) is 12.1 Å². The van der Waals surface area contributed by atoms with Gasteiger partial charge in [0.2, 0.25) is 5.91 Å². The Morgan fingerprint density at radius 1 is 1.23 bits per heavy atom. The minimum absolute atomic E-state index is 0.128. The van der Waals surface area contributed by atoms with E-state index in [4.69, 9.17) is 4.74 Å². The van der Waals surface area contributed by atoms with Gasteiger partial charge in [0.05, 0.1) is 12.2 Å². The van der Waals surface area contributed by atoms with Gasteiger partial charge in [-0.05, 0) is 24.1 Å². The Kier molecular flexibility index (Phi) is 5.80. The summed E-state index contributed by atoms with van der Waals surface area (Å²) in [4.78, 5) is 23.8. The zero-order chi connectivity index (χ0) is 22.0. The van der Waals surface area contributed by atoms with E-state index in [1.165, 1.54) is 24.1 Å². The highest BCUT2D eigenvalue weighted by Gasteiger charge is 2.44. The second kappa shape index (κ2) is 8.53. The summed E-state index contributed by atoms with van der Waals surface area (Å²) in [6.07, 6.45) is 2.25. The van der Waals surface area contributed by atoms with Crippen molar-refractivity contribution in [2.45, 2.75) is 32.1 Å². The summed E-state index contributed by atoms with van der Waals surface area (Å²) >= 11 is 0. The van der Waals surface area contributed by atoms with Crippen LogP contribution in [0.4, 0.5) is 11.5 Å². The van der Waals surface area contributed by atoms with Gasteiger partial charge in [0, 0.05) is 25.8 Å². The number of hydrogen-bond acceptors (Lipinski definition) is 10. The van der Waals surface area contributed by atoms with E-state index in [1.54, 1.807) is 0 Å². The van der Waals surface area contributed by atoms with Gasteiger partial charge in [-0.2, -0.15) is 0 Å². The molecule has 0 saturated carbocycles. The minimum atomic E-state index is -2.87. The van der Waals surface area contributed by atoms with Crippen molar-refractivity contribution in [2.75, 3.05) is 17.3 Å². The van der Waals surface area contributed by atoms with Crippen LogP contribution in [0.25, 0.3) is 11.2 Å². The Bertz CT molecular complexity index is 1060. The topological polar surface area (TPSA) is 167 Å². The summed E-state index contributed by atoms with van der Waals surface area (Å²) in [6.45, 7) is 2.19. The lowest BCUT2D eigenvalue weighted by molar-refractivity contribution is -0.351. The molecule has 2 unspecified atom stereocenters. The Morgan fingerprint density at radius 3 is 2.71 bits per heavy atom. The van der Waals surface area contributed by atoms with Crippen LogP contribution >= 0.6 is 0 Å². The van der Waals surface area contributed by atoms with E-state index in [0.717, 1.165) is 11.3 Å². The highest BCUT2D eigenvalue weighted by atomic mass is 16.7. The molecule has 4 rings (SSSR count). The number of imidazole rings is 1. The number of carbonyl (C=O) groups is 1. The van der Waals surface area contributed by atoms with E-state index in [9.17, 15) is 20.1 Å². The van der Waals surface area contributed by atoms with E-state index in [0.29, 0.717) is 23.5 Å². The molecule has 3 aromatic rings. The van der Waals surface area contributed by atoms with Crippen molar-refractivity contribution in [3.05, 3.63) is 42.5 Å². The van der Waals surface area contributed by atoms with Crippen LogP contribution in [0.5, 0.6) is 0 Å². The van der Waals surface area contributed by atoms with E-state index < -0.39 is 18.1 Å². The summed E-state index contributed by atoms with van der Waals surface area (Å²) in [5.74, 6) is -3.52. The summed E-state index contributed by atoms with van der Waals surface area (Å²) in [5.41, 5.74) is 8.61. The molecule has 12 nitrogen and oxygen atoms in total. The number of nitrogens with zero attached hydrogens (tertiary/aromatic N) is 4. The Morgan fingerprint density at radius 2 is 2.00 bits per heavy atom. The van der Waals surface area contributed by atoms with Crippen molar-refractivity contribution >= 4 is 28.6 Å². The molecule has 0 bridgehead atoms. The molecule has 3 heterocycles. The second-order valence-electron chi connectivity index (χ2n) is 7.25. The molecular formula is C19H23N7O5. The maximum Gasteiger partial charge on any atom is 0.282 e. The summed E-state index contributed by atoms with van der Waals surface area (Å²) < 4.78 is 7.12. The first-order chi connectivity index (χ1) is 14.8. The lowest BCUT2D eigenvalue weighted by Gasteiger charge is -2.26. The number of hydrazine groups is 1. The number of anilines is 2. The number of rotatable bonds is 7. The largest absolute Gasteiger partial charge is 0.357 e. The molecule has 0 radical (unpaired) electrons. The number of amides is 1. The third kappa shape index (κ3) is 4.62. The van der Waals surface area contributed by atoms with Crippen molar-refractivity contribution in [1.29, 1.82) is 0 Å². The lowest BCUT2D eigenvalue weighted by Crippen LogP contribution is -2.40. The molecule has 1 aliphatic heterocycles. The van der Waals surface area contributed by atoms with E-state index in [-0.39, 0.29) is 18.9 Å². The first-order valence-corrected chi connectivity index (χ1v) is 9.64. The van der Waals surface area contributed by atoms with Crippen LogP contribution in [0.1, 0.15) is 25.1 Å². The molecule has 1 fully saturated rings. The fourth-order valence-electron chi connectivity index (χ4n) is 3.50. The van der Waals surface area contributed by atoms with Crippen molar-refractivity contribution in [3.8, 4) is 0 Å². The van der Waals surface area contributed by atoms with Gasteiger partial charge < -0.3 is 30.8 Å². The second-order valence-corrected chi connectivity index (χ2v) is 7.25. The van der Waals surface area contributed by atoms with Gasteiger partial charge in [0.15, 0.2) is 17.0 Å². The maximum absolute atomic E-state index is 11.1. The molecule has 0 spiro atoms. The van der Waals surface area contributed by atoms with Crippen LogP contribution < -0.4 is 16.2 Å². The molecule has 1 aliphatic rings. The molecule has 6 N–H and O–H groups in total. The predicted octanol–water partition coefficient (Wildman–Crippen LogP) is 0.0672. The molecule has 31 heavy (non-hydrogen) atoms. The van der Waals surface area contributed by atoms with Gasteiger partial charge in [-0.3, -0.25) is 9.36 Å². The zero-order valence-corrected chi connectivity index (χ0v) is 16.7. The SMILES string of the molecule is CC(=O)Nc1ccc(CNNc2ncnc3c2ncn3C2OCCC2C(O)(O)O)cc1. The first-order valence-electron chi connectivity index (χ1n) is 9.64. The van der Waals surface area contributed by atoms with Crippen LogP contribution in [-0.2, 0) is 16.1 Å². The molecule has 1 saturated heterocycles. The average Bonchev–Trinajstić information content (AvgIpc) is 3.35. The Hall–Kier alpha value is -3.16. The van der Waals surface area contributed by atoms with Crippen molar-refractivity contribution in [1.82, 2.24) is 24.9 Å². The standard InChI is InChI=1S/C19H23N7O5/c1-11(27)24-13-4-2-12(3-5-13)8-23-25-16-15-17(21-9-20-16)26(10-22-15)18-14(6-7-31-18)19(28,29)30/h2-5,9-10,14,18,23,28-30H,6-8H2,1H3,(H,24,27)(H,20,21,25). The van der Waals surface area contributed by atoms with Gasteiger partial charge in [0.1, 0.15) is 12.6 Å². The van der Waals surface area contributed by atoms with Crippen molar-refractivity contribution in [3.63, 3.8) is 0 Å². The number of fused-ring (bicyclic) bond motifs is 1. The van der Waals surface area contributed by atoms with Gasteiger partial charge in [0.25, 0.3) is 5.97 Å². The van der Waals surface area contributed by atoms with Crippen molar-refractivity contribution in [2.24, 2.45) is 5.92 Å². The first kappa shape index (κ1) is 21.1. The lowest BCUT2D eigenvalue weighted by atomic mass is 10.0. The fraction of sp³-hybridized carbons (Fsp3) is 0.368. The van der Waals surface area contributed by atoms with E-state index in [1.807, 2.05) is 24.3 Å². The fourth-order valence-corrected chi connectivity index (χ4v) is 3.50. The quantitative estimate of drug-likeness (QED) is 0.223. The predicted molar refractivity (Wildman–Crippen MR) is 109 cm³/mol. The van der Waals surface area contributed by atoms with Crippen LogP contribution in [0.15, 0.2) is 36.9 Å². The molecule has 12 heteroatoms. The van der Waals surface area contributed by atoms with Gasteiger partial charge in [-0.25, -0.2) is 20.4 Å². The molecule has 164 valence electrons. The number of aromatic nitrogens is 4.